The molecular formula is C13H19NO5S. The molecule has 2 heterocycles. The van der Waals surface area contributed by atoms with Crippen LogP contribution in [0.5, 0.6) is 0 Å². The fourth-order valence-corrected chi connectivity index (χ4v) is 5.25. The van der Waals surface area contributed by atoms with Gasteiger partial charge in [-0.05, 0) is 31.1 Å². The minimum atomic E-state index is -3.08. The Kier molecular flexibility index (Phi) is 3.27. The second kappa shape index (κ2) is 4.72. The number of carboxylic acids is 1. The molecular weight excluding hydrogens is 282 g/mol. The number of carbonyl (C=O) groups excluding carboxylic acids is 1. The lowest BCUT2D eigenvalue weighted by atomic mass is 9.92. The van der Waals surface area contributed by atoms with E-state index in [1.165, 1.54) is 0 Å². The summed E-state index contributed by atoms with van der Waals surface area (Å²) in [5.74, 6) is -1.47. The highest BCUT2D eigenvalue weighted by Gasteiger charge is 2.48. The summed E-state index contributed by atoms with van der Waals surface area (Å²) in [5, 5.41) is 9.27. The van der Waals surface area contributed by atoms with Crippen molar-refractivity contribution in [2.45, 2.75) is 19.3 Å². The van der Waals surface area contributed by atoms with Gasteiger partial charge in [0.2, 0.25) is 5.91 Å². The number of hydrogen-bond donors (Lipinski definition) is 1. The van der Waals surface area contributed by atoms with Crippen molar-refractivity contribution in [1.82, 2.24) is 4.90 Å². The third-order valence-corrected chi connectivity index (χ3v) is 6.57. The Morgan fingerprint density at radius 3 is 2.30 bits per heavy atom. The van der Waals surface area contributed by atoms with Crippen LogP contribution in [0.15, 0.2) is 0 Å². The van der Waals surface area contributed by atoms with Gasteiger partial charge >= 0.3 is 5.97 Å². The van der Waals surface area contributed by atoms with Gasteiger partial charge in [0.25, 0.3) is 0 Å². The molecule has 7 heteroatoms. The molecule has 1 unspecified atom stereocenters. The number of sulfone groups is 1. The fraction of sp³-hybridized carbons (Fsp3) is 0.846. The Morgan fingerprint density at radius 2 is 1.80 bits per heavy atom. The van der Waals surface area contributed by atoms with Crippen LogP contribution in [0, 0.1) is 23.7 Å². The van der Waals surface area contributed by atoms with Gasteiger partial charge in [0.15, 0.2) is 9.84 Å². The van der Waals surface area contributed by atoms with E-state index in [0.717, 1.165) is 12.8 Å². The molecule has 1 aliphatic carbocycles. The highest BCUT2D eigenvalue weighted by Crippen LogP contribution is 2.44. The molecule has 20 heavy (non-hydrogen) atoms. The van der Waals surface area contributed by atoms with Crippen LogP contribution in [0.25, 0.3) is 0 Å². The maximum atomic E-state index is 12.4. The van der Waals surface area contributed by atoms with E-state index in [0.29, 0.717) is 18.9 Å². The third kappa shape index (κ3) is 2.55. The topological polar surface area (TPSA) is 91.8 Å². The van der Waals surface area contributed by atoms with E-state index in [-0.39, 0.29) is 29.9 Å². The standard InChI is InChI=1S/C13H19NO5S/c15-12(9-3-4-20(18,19)7-9)14-5-10(8-1-2-8)11(6-14)13(16)17/h8-11H,1-7H2,(H,16,17)/t9?,10-,11+/m1/s1. The van der Waals surface area contributed by atoms with Gasteiger partial charge in [-0.2, -0.15) is 0 Å². The Hall–Kier alpha value is -1.11. The molecule has 1 saturated carbocycles. The first-order valence-electron chi connectivity index (χ1n) is 7.09. The monoisotopic (exact) mass is 301 g/mol. The first-order chi connectivity index (χ1) is 9.37. The summed E-state index contributed by atoms with van der Waals surface area (Å²) in [4.78, 5) is 25.3. The first kappa shape index (κ1) is 13.9. The zero-order valence-electron chi connectivity index (χ0n) is 11.2. The van der Waals surface area contributed by atoms with Crippen LogP contribution in [0.2, 0.25) is 0 Å². The summed E-state index contributed by atoms with van der Waals surface area (Å²) in [7, 11) is -3.08. The fourth-order valence-electron chi connectivity index (χ4n) is 3.52. The van der Waals surface area contributed by atoms with Gasteiger partial charge in [0.05, 0.1) is 23.3 Å². The van der Waals surface area contributed by atoms with Crippen molar-refractivity contribution in [1.29, 1.82) is 0 Å². The molecule has 3 atom stereocenters. The van der Waals surface area contributed by atoms with Crippen LogP contribution in [-0.4, -0.2) is 54.9 Å². The lowest BCUT2D eigenvalue weighted by Gasteiger charge is -2.19. The molecule has 0 bridgehead atoms. The van der Waals surface area contributed by atoms with Crippen LogP contribution in [0.3, 0.4) is 0 Å². The van der Waals surface area contributed by atoms with Crippen LogP contribution in [0.4, 0.5) is 0 Å². The summed E-state index contributed by atoms with van der Waals surface area (Å²) in [6.45, 7) is 0.725. The summed E-state index contributed by atoms with van der Waals surface area (Å²) >= 11 is 0. The van der Waals surface area contributed by atoms with E-state index in [1.54, 1.807) is 4.90 Å². The molecule has 3 rings (SSSR count). The Labute approximate surface area is 118 Å². The van der Waals surface area contributed by atoms with E-state index in [1.807, 2.05) is 0 Å². The van der Waals surface area contributed by atoms with Gasteiger partial charge in [-0.1, -0.05) is 0 Å². The van der Waals surface area contributed by atoms with Crippen molar-refractivity contribution >= 4 is 21.7 Å². The van der Waals surface area contributed by atoms with Crippen molar-refractivity contribution < 1.29 is 23.1 Å². The van der Waals surface area contributed by atoms with Crippen molar-refractivity contribution in [2.75, 3.05) is 24.6 Å². The maximum absolute atomic E-state index is 12.4. The number of carboxylic acid groups (broad SMARTS) is 1. The molecule has 3 fully saturated rings. The summed E-state index contributed by atoms with van der Waals surface area (Å²) < 4.78 is 22.9. The molecule has 112 valence electrons. The van der Waals surface area contributed by atoms with E-state index >= 15 is 0 Å². The molecule has 1 N–H and O–H groups in total. The van der Waals surface area contributed by atoms with Crippen molar-refractivity contribution in [3.63, 3.8) is 0 Å². The summed E-state index contributed by atoms with van der Waals surface area (Å²) in [5.41, 5.74) is 0. The summed E-state index contributed by atoms with van der Waals surface area (Å²) in [6, 6.07) is 0. The Balaban J connectivity index is 1.69. The lowest BCUT2D eigenvalue weighted by molar-refractivity contribution is -0.143. The highest BCUT2D eigenvalue weighted by molar-refractivity contribution is 7.91. The molecule has 0 aromatic heterocycles. The molecule has 2 aliphatic heterocycles. The first-order valence-corrected chi connectivity index (χ1v) is 8.91. The number of carbonyl (C=O) groups is 2. The molecule has 0 aromatic rings. The predicted molar refractivity (Wildman–Crippen MR) is 70.7 cm³/mol. The number of rotatable bonds is 3. The zero-order chi connectivity index (χ0) is 14.5. The molecule has 2 saturated heterocycles. The second-order valence-electron chi connectivity index (χ2n) is 6.29. The second-order valence-corrected chi connectivity index (χ2v) is 8.52. The Morgan fingerprint density at radius 1 is 1.10 bits per heavy atom. The number of hydrogen-bond acceptors (Lipinski definition) is 4. The SMILES string of the molecule is O=C(O)[C@H]1CN(C(=O)C2CCS(=O)(=O)C2)C[C@@H]1C1CC1. The number of nitrogens with zero attached hydrogens (tertiary/aromatic N) is 1. The van der Waals surface area contributed by atoms with E-state index in [4.69, 9.17) is 0 Å². The Bertz CT molecular complexity index is 539. The highest BCUT2D eigenvalue weighted by atomic mass is 32.2. The van der Waals surface area contributed by atoms with Gasteiger partial charge in [0.1, 0.15) is 0 Å². The van der Waals surface area contributed by atoms with Crippen LogP contribution >= 0.6 is 0 Å². The smallest absolute Gasteiger partial charge is 0.308 e. The van der Waals surface area contributed by atoms with Crippen molar-refractivity contribution in [2.24, 2.45) is 23.7 Å². The average Bonchev–Trinajstić information content (AvgIpc) is 3.01. The quantitative estimate of drug-likeness (QED) is 0.791. The van der Waals surface area contributed by atoms with Gasteiger partial charge in [-0.15, -0.1) is 0 Å². The van der Waals surface area contributed by atoms with E-state index < -0.39 is 27.6 Å². The summed E-state index contributed by atoms with van der Waals surface area (Å²) in [6.07, 6.45) is 2.48. The maximum Gasteiger partial charge on any atom is 0.308 e. The van der Waals surface area contributed by atoms with Crippen molar-refractivity contribution in [3.05, 3.63) is 0 Å². The van der Waals surface area contributed by atoms with E-state index in [9.17, 15) is 23.1 Å². The van der Waals surface area contributed by atoms with Crippen LogP contribution < -0.4 is 0 Å². The molecule has 0 aromatic carbocycles. The molecule has 0 radical (unpaired) electrons. The van der Waals surface area contributed by atoms with Gasteiger partial charge in [-0.3, -0.25) is 9.59 Å². The van der Waals surface area contributed by atoms with Gasteiger partial charge in [-0.25, -0.2) is 8.42 Å². The number of aliphatic carboxylic acids is 1. The number of likely N-dealkylation sites (tertiary alicyclic amines) is 1. The molecule has 1 amide bonds. The minimum Gasteiger partial charge on any atom is -0.481 e. The van der Waals surface area contributed by atoms with Crippen LogP contribution in [-0.2, 0) is 19.4 Å². The minimum absolute atomic E-state index is 0.0504. The largest absolute Gasteiger partial charge is 0.481 e. The number of amides is 1. The van der Waals surface area contributed by atoms with Gasteiger partial charge < -0.3 is 10.0 Å². The average molecular weight is 301 g/mol. The van der Waals surface area contributed by atoms with E-state index in [2.05, 4.69) is 0 Å². The third-order valence-electron chi connectivity index (χ3n) is 4.80. The van der Waals surface area contributed by atoms with Crippen LogP contribution in [0.1, 0.15) is 19.3 Å². The molecule has 3 aliphatic rings. The zero-order valence-corrected chi connectivity index (χ0v) is 12.0. The van der Waals surface area contributed by atoms with Crippen molar-refractivity contribution in [3.8, 4) is 0 Å². The lowest BCUT2D eigenvalue weighted by Crippen LogP contribution is -2.35. The predicted octanol–water partition coefficient (Wildman–Crippen LogP) is -0.00970. The molecule has 0 spiro atoms. The van der Waals surface area contributed by atoms with Gasteiger partial charge in [0, 0.05) is 13.1 Å². The molecule has 6 nitrogen and oxygen atoms in total. The normalized spacial score (nSPS) is 36.2.